The predicted molar refractivity (Wildman–Crippen MR) is 64.6 cm³/mol. The highest BCUT2D eigenvalue weighted by atomic mass is 16.5. The van der Waals surface area contributed by atoms with E-state index in [0.29, 0.717) is 12.1 Å². The van der Waals surface area contributed by atoms with Gasteiger partial charge in [-0.2, -0.15) is 0 Å². The van der Waals surface area contributed by atoms with Gasteiger partial charge >= 0.3 is 0 Å². The van der Waals surface area contributed by atoms with E-state index in [-0.39, 0.29) is 5.60 Å². The van der Waals surface area contributed by atoms with Crippen molar-refractivity contribution >= 4 is 0 Å². The Kier molecular flexibility index (Phi) is 4.22. The minimum atomic E-state index is 0.135. The van der Waals surface area contributed by atoms with Crippen LogP contribution in [0.4, 0.5) is 0 Å². The second-order valence-corrected chi connectivity index (χ2v) is 5.29. The van der Waals surface area contributed by atoms with Crippen molar-refractivity contribution in [3.63, 3.8) is 0 Å². The van der Waals surface area contributed by atoms with Gasteiger partial charge in [-0.05, 0) is 32.1 Å². The van der Waals surface area contributed by atoms with Crippen LogP contribution < -0.4 is 5.32 Å². The third-order valence-corrected chi connectivity index (χ3v) is 4.39. The summed E-state index contributed by atoms with van der Waals surface area (Å²) in [6.07, 6.45) is 9.23. The second-order valence-electron chi connectivity index (χ2n) is 5.29. The van der Waals surface area contributed by atoms with Gasteiger partial charge in [0.15, 0.2) is 0 Å². The lowest BCUT2D eigenvalue weighted by molar-refractivity contribution is -0.0753. The number of rotatable bonds is 5. The largest absolute Gasteiger partial charge is 0.380 e. The quantitative estimate of drug-likeness (QED) is 0.780. The zero-order chi connectivity index (χ0) is 11.4. The first-order valence-corrected chi connectivity index (χ1v) is 6.61. The zero-order valence-corrected chi connectivity index (χ0v) is 10.6. The maximum atomic E-state index is 5.63. The van der Waals surface area contributed by atoms with Gasteiger partial charge < -0.3 is 14.8 Å². The molecule has 0 aliphatic heterocycles. The molecule has 0 heterocycles. The first kappa shape index (κ1) is 12.3. The first-order chi connectivity index (χ1) is 7.79. The molecule has 3 heteroatoms. The standard InChI is InChI=1S/C13H25NO2/c1-15-12-7-4-3-6-11(12)14-10-13(16-2)8-5-9-13/h11-12,14H,3-10H2,1-2H3. The van der Waals surface area contributed by atoms with E-state index in [1.807, 2.05) is 14.2 Å². The van der Waals surface area contributed by atoms with Crippen molar-refractivity contribution in [2.75, 3.05) is 20.8 Å². The molecule has 2 unspecified atom stereocenters. The molecule has 0 radical (unpaired) electrons. The lowest BCUT2D eigenvalue weighted by Crippen LogP contribution is -2.53. The molecule has 16 heavy (non-hydrogen) atoms. The van der Waals surface area contributed by atoms with Crippen LogP contribution in [0.3, 0.4) is 0 Å². The zero-order valence-electron chi connectivity index (χ0n) is 10.6. The molecule has 2 rings (SSSR count). The van der Waals surface area contributed by atoms with E-state index in [1.54, 1.807) is 0 Å². The van der Waals surface area contributed by atoms with Crippen molar-refractivity contribution in [3.05, 3.63) is 0 Å². The Bertz CT molecular complexity index is 210. The molecule has 0 bridgehead atoms. The Hall–Kier alpha value is -0.120. The molecule has 94 valence electrons. The molecule has 0 aromatic carbocycles. The molecule has 2 saturated carbocycles. The van der Waals surface area contributed by atoms with Crippen molar-refractivity contribution < 1.29 is 9.47 Å². The summed E-state index contributed by atoms with van der Waals surface area (Å²) < 4.78 is 11.2. The molecule has 2 aliphatic rings. The second kappa shape index (κ2) is 5.48. The number of methoxy groups -OCH3 is 2. The van der Waals surface area contributed by atoms with Gasteiger partial charge in [0.2, 0.25) is 0 Å². The van der Waals surface area contributed by atoms with Crippen LogP contribution in [0, 0.1) is 0 Å². The van der Waals surface area contributed by atoms with Crippen LogP contribution in [0.2, 0.25) is 0 Å². The summed E-state index contributed by atoms with van der Waals surface area (Å²) in [4.78, 5) is 0. The predicted octanol–water partition coefficient (Wildman–Crippen LogP) is 2.10. The van der Waals surface area contributed by atoms with Gasteiger partial charge in [0.25, 0.3) is 0 Å². The molecule has 2 fully saturated rings. The number of ether oxygens (including phenoxy) is 2. The van der Waals surface area contributed by atoms with E-state index in [2.05, 4.69) is 5.32 Å². The van der Waals surface area contributed by atoms with Crippen LogP contribution >= 0.6 is 0 Å². The van der Waals surface area contributed by atoms with Crippen molar-refractivity contribution in [1.29, 1.82) is 0 Å². The molecule has 0 aromatic rings. The first-order valence-electron chi connectivity index (χ1n) is 6.61. The van der Waals surface area contributed by atoms with Crippen molar-refractivity contribution in [2.24, 2.45) is 0 Å². The lowest BCUT2D eigenvalue weighted by Gasteiger charge is -2.42. The molecular formula is C13H25NO2. The minimum Gasteiger partial charge on any atom is -0.380 e. The SMILES string of the molecule is COC1CCCCC1NCC1(OC)CCC1. The fraction of sp³-hybridized carbons (Fsp3) is 1.00. The average Bonchev–Trinajstić information content (AvgIpc) is 2.29. The van der Waals surface area contributed by atoms with Crippen LogP contribution in [0.1, 0.15) is 44.9 Å². The van der Waals surface area contributed by atoms with Gasteiger partial charge in [-0.25, -0.2) is 0 Å². The summed E-state index contributed by atoms with van der Waals surface area (Å²) in [7, 11) is 3.68. The van der Waals surface area contributed by atoms with Crippen molar-refractivity contribution in [1.82, 2.24) is 5.32 Å². The molecule has 0 amide bonds. The Morgan fingerprint density at radius 2 is 1.88 bits per heavy atom. The highest BCUT2D eigenvalue weighted by Crippen LogP contribution is 2.34. The Morgan fingerprint density at radius 3 is 2.44 bits per heavy atom. The lowest BCUT2D eigenvalue weighted by atomic mass is 9.79. The van der Waals surface area contributed by atoms with Gasteiger partial charge in [-0.15, -0.1) is 0 Å². The van der Waals surface area contributed by atoms with Gasteiger partial charge in [-0.1, -0.05) is 12.8 Å². The Labute approximate surface area is 98.9 Å². The van der Waals surface area contributed by atoms with Gasteiger partial charge in [0.1, 0.15) is 0 Å². The van der Waals surface area contributed by atoms with E-state index in [9.17, 15) is 0 Å². The summed E-state index contributed by atoms with van der Waals surface area (Å²) >= 11 is 0. The topological polar surface area (TPSA) is 30.5 Å². The molecule has 0 aromatic heterocycles. The molecule has 0 spiro atoms. The van der Waals surface area contributed by atoms with E-state index < -0.39 is 0 Å². The maximum Gasteiger partial charge on any atom is 0.0802 e. The summed E-state index contributed by atoms with van der Waals surface area (Å²) in [6.45, 7) is 0.994. The van der Waals surface area contributed by atoms with Crippen LogP contribution in [0.15, 0.2) is 0 Å². The molecule has 2 aliphatic carbocycles. The van der Waals surface area contributed by atoms with E-state index in [0.717, 1.165) is 6.54 Å². The maximum absolute atomic E-state index is 5.63. The molecule has 3 nitrogen and oxygen atoms in total. The Balaban J connectivity index is 1.79. The summed E-state index contributed by atoms with van der Waals surface area (Å²) in [6, 6.07) is 0.534. The number of nitrogens with one attached hydrogen (secondary N) is 1. The van der Waals surface area contributed by atoms with Crippen molar-refractivity contribution in [3.8, 4) is 0 Å². The summed E-state index contributed by atoms with van der Waals surface area (Å²) in [5, 5.41) is 3.67. The van der Waals surface area contributed by atoms with E-state index >= 15 is 0 Å². The van der Waals surface area contributed by atoms with E-state index in [4.69, 9.17) is 9.47 Å². The van der Waals surface area contributed by atoms with Crippen molar-refractivity contribution in [2.45, 2.75) is 62.7 Å². The van der Waals surface area contributed by atoms with Crippen LogP contribution in [-0.4, -0.2) is 38.5 Å². The fourth-order valence-corrected chi connectivity index (χ4v) is 2.95. The Morgan fingerprint density at radius 1 is 1.12 bits per heavy atom. The average molecular weight is 227 g/mol. The normalized spacial score (nSPS) is 33.4. The minimum absolute atomic E-state index is 0.135. The third-order valence-electron chi connectivity index (χ3n) is 4.39. The monoisotopic (exact) mass is 227 g/mol. The number of hydrogen-bond acceptors (Lipinski definition) is 3. The van der Waals surface area contributed by atoms with Gasteiger partial charge in [0, 0.05) is 26.8 Å². The fourth-order valence-electron chi connectivity index (χ4n) is 2.95. The number of hydrogen-bond donors (Lipinski definition) is 1. The molecular weight excluding hydrogens is 202 g/mol. The highest BCUT2D eigenvalue weighted by Gasteiger charge is 2.38. The molecule has 2 atom stereocenters. The summed E-state index contributed by atoms with van der Waals surface area (Å²) in [5.74, 6) is 0. The van der Waals surface area contributed by atoms with E-state index in [1.165, 1.54) is 44.9 Å². The smallest absolute Gasteiger partial charge is 0.0802 e. The van der Waals surface area contributed by atoms with Crippen LogP contribution in [0.5, 0.6) is 0 Å². The van der Waals surface area contributed by atoms with Crippen LogP contribution in [0.25, 0.3) is 0 Å². The van der Waals surface area contributed by atoms with Gasteiger partial charge in [0.05, 0.1) is 11.7 Å². The highest BCUT2D eigenvalue weighted by molar-refractivity contribution is 4.93. The molecule has 1 N–H and O–H groups in total. The molecule has 0 saturated heterocycles. The third kappa shape index (κ3) is 2.58. The van der Waals surface area contributed by atoms with Crippen LogP contribution in [-0.2, 0) is 9.47 Å². The summed E-state index contributed by atoms with van der Waals surface area (Å²) in [5.41, 5.74) is 0.135. The van der Waals surface area contributed by atoms with Gasteiger partial charge in [-0.3, -0.25) is 0 Å².